The van der Waals surface area contributed by atoms with Crippen molar-refractivity contribution in [2.75, 3.05) is 18.0 Å². The second kappa shape index (κ2) is 6.54. The third-order valence-corrected chi connectivity index (χ3v) is 4.31. The Bertz CT molecular complexity index is 693. The zero-order chi connectivity index (χ0) is 16.4. The molecule has 1 aromatic heterocycles. The average Bonchev–Trinajstić information content (AvgIpc) is 3.20. The minimum absolute atomic E-state index is 0.0392. The van der Waals surface area contributed by atoms with Crippen LogP contribution in [0.15, 0.2) is 30.9 Å². The molecule has 0 spiro atoms. The van der Waals surface area contributed by atoms with Gasteiger partial charge in [0.15, 0.2) is 0 Å². The first-order valence-electron chi connectivity index (χ1n) is 7.39. The van der Waals surface area contributed by atoms with Crippen molar-refractivity contribution in [3.63, 3.8) is 0 Å². The second-order valence-corrected chi connectivity index (χ2v) is 6.00. The molecule has 0 bridgehead atoms. The summed E-state index contributed by atoms with van der Waals surface area (Å²) in [7, 11) is 0. The fraction of sp³-hybridized carbons (Fsp3) is 0.400. The van der Waals surface area contributed by atoms with Crippen molar-refractivity contribution < 1.29 is 9.18 Å². The van der Waals surface area contributed by atoms with Gasteiger partial charge < -0.3 is 10.2 Å². The lowest BCUT2D eigenvalue weighted by Crippen LogP contribution is -2.40. The van der Waals surface area contributed by atoms with E-state index in [1.807, 2.05) is 0 Å². The van der Waals surface area contributed by atoms with Gasteiger partial charge in [0.25, 0.3) is 0 Å². The van der Waals surface area contributed by atoms with Gasteiger partial charge in [-0.05, 0) is 31.5 Å². The lowest BCUT2D eigenvalue weighted by molar-refractivity contribution is -0.124. The molecule has 0 saturated carbocycles. The maximum Gasteiger partial charge on any atom is 0.244 e. The van der Waals surface area contributed by atoms with Gasteiger partial charge in [-0.1, -0.05) is 11.6 Å². The first kappa shape index (κ1) is 15.7. The van der Waals surface area contributed by atoms with Gasteiger partial charge >= 0.3 is 0 Å². The second-order valence-electron chi connectivity index (χ2n) is 5.59. The number of hydrogen-bond donors (Lipinski definition) is 1. The zero-order valence-electron chi connectivity index (χ0n) is 12.6. The van der Waals surface area contributed by atoms with Crippen LogP contribution in [-0.4, -0.2) is 39.8 Å². The summed E-state index contributed by atoms with van der Waals surface area (Å²) in [4.78, 5) is 18.2. The molecular weight excluding hydrogens is 321 g/mol. The van der Waals surface area contributed by atoms with E-state index < -0.39 is 11.9 Å². The van der Waals surface area contributed by atoms with E-state index in [1.165, 1.54) is 23.4 Å². The molecule has 1 N–H and O–H groups in total. The van der Waals surface area contributed by atoms with Crippen molar-refractivity contribution in [3.05, 3.63) is 41.7 Å². The van der Waals surface area contributed by atoms with Gasteiger partial charge in [-0.2, -0.15) is 5.10 Å². The summed E-state index contributed by atoms with van der Waals surface area (Å²) in [6, 6.07) is 4.29. The summed E-state index contributed by atoms with van der Waals surface area (Å²) in [6.07, 6.45) is 3.75. The van der Waals surface area contributed by atoms with Crippen molar-refractivity contribution in [3.8, 4) is 0 Å². The Kier molecular flexibility index (Phi) is 4.47. The SMILES string of the molecule is C[C@@H](C(=O)N[C@@H]1CCN(c2ccc(F)c(Cl)c2)C1)n1cncn1. The topological polar surface area (TPSA) is 63.1 Å². The van der Waals surface area contributed by atoms with Crippen LogP contribution in [0.3, 0.4) is 0 Å². The molecule has 2 aromatic rings. The van der Waals surface area contributed by atoms with Crippen LogP contribution < -0.4 is 10.2 Å². The fourth-order valence-corrected chi connectivity index (χ4v) is 2.83. The Morgan fingerprint density at radius 3 is 3.04 bits per heavy atom. The number of carbonyl (C=O) groups excluding carboxylic acids is 1. The maximum absolute atomic E-state index is 13.2. The van der Waals surface area contributed by atoms with Crippen molar-refractivity contribution in [1.82, 2.24) is 20.1 Å². The smallest absolute Gasteiger partial charge is 0.244 e. The van der Waals surface area contributed by atoms with Crippen LogP contribution in [0.2, 0.25) is 5.02 Å². The van der Waals surface area contributed by atoms with Gasteiger partial charge in [0.05, 0.1) is 5.02 Å². The Labute approximate surface area is 138 Å². The van der Waals surface area contributed by atoms with Gasteiger partial charge in [-0.25, -0.2) is 14.1 Å². The lowest BCUT2D eigenvalue weighted by atomic mass is 10.2. The minimum Gasteiger partial charge on any atom is -0.369 e. The summed E-state index contributed by atoms with van der Waals surface area (Å²) < 4.78 is 14.8. The van der Waals surface area contributed by atoms with Crippen LogP contribution in [0.25, 0.3) is 0 Å². The molecule has 1 aliphatic rings. The predicted molar refractivity (Wildman–Crippen MR) is 84.9 cm³/mol. The molecule has 3 rings (SSSR count). The average molecular weight is 338 g/mol. The molecule has 2 atom stereocenters. The normalized spacial score (nSPS) is 18.9. The van der Waals surface area contributed by atoms with Gasteiger partial charge in [0.1, 0.15) is 24.5 Å². The molecule has 1 aliphatic heterocycles. The highest BCUT2D eigenvalue weighted by atomic mass is 35.5. The van der Waals surface area contributed by atoms with E-state index in [0.717, 1.165) is 18.7 Å². The Morgan fingerprint density at radius 1 is 1.52 bits per heavy atom. The number of anilines is 1. The Hall–Kier alpha value is -2.15. The fourth-order valence-electron chi connectivity index (χ4n) is 2.65. The predicted octanol–water partition coefficient (Wildman–Crippen LogP) is 2.03. The van der Waals surface area contributed by atoms with E-state index in [9.17, 15) is 9.18 Å². The number of amides is 1. The van der Waals surface area contributed by atoms with Crippen LogP contribution >= 0.6 is 11.6 Å². The number of nitrogens with one attached hydrogen (secondary N) is 1. The van der Waals surface area contributed by atoms with E-state index >= 15 is 0 Å². The number of halogens is 2. The Morgan fingerprint density at radius 2 is 2.35 bits per heavy atom. The van der Waals surface area contributed by atoms with Gasteiger partial charge in [0, 0.05) is 24.8 Å². The lowest BCUT2D eigenvalue weighted by Gasteiger charge is -2.20. The van der Waals surface area contributed by atoms with E-state index in [-0.39, 0.29) is 17.0 Å². The van der Waals surface area contributed by atoms with Crippen LogP contribution in [-0.2, 0) is 4.79 Å². The molecular formula is C15H17ClFN5O. The monoisotopic (exact) mass is 337 g/mol. The number of benzene rings is 1. The largest absolute Gasteiger partial charge is 0.369 e. The van der Waals surface area contributed by atoms with E-state index in [4.69, 9.17) is 11.6 Å². The highest BCUT2D eigenvalue weighted by molar-refractivity contribution is 6.31. The van der Waals surface area contributed by atoms with E-state index in [0.29, 0.717) is 6.54 Å². The molecule has 0 unspecified atom stereocenters. The standard InChI is InChI=1S/C15H17ClFN5O/c1-10(22-9-18-8-19-22)15(23)20-11-4-5-21(7-11)12-2-3-14(17)13(16)6-12/h2-3,6,8-11H,4-5,7H2,1H3,(H,20,23)/t10-,11+/m0/s1. The number of aromatic nitrogens is 3. The molecule has 2 heterocycles. The summed E-state index contributed by atoms with van der Waals surface area (Å²) in [5.41, 5.74) is 0.859. The van der Waals surface area contributed by atoms with E-state index in [1.54, 1.807) is 19.1 Å². The highest BCUT2D eigenvalue weighted by Gasteiger charge is 2.26. The van der Waals surface area contributed by atoms with Crippen LogP contribution in [0.5, 0.6) is 0 Å². The molecule has 1 saturated heterocycles. The molecule has 0 radical (unpaired) electrons. The summed E-state index contributed by atoms with van der Waals surface area (Å²) in [5, 5.41) is 7.10. The van der Waals surface area contributed by atoms with Gasteiger partial charge in [-0.15, -0.1) is 0 Å². The number of hydrogen-bond acceptors (Lipinski definition) is 4. The summed E-state index contributed by atoms with van der Waals surface area (Å²) >= 11 is 5.82. The summed E-state index contributed by atoms with van der Waals surface area (Å²) in [5.74, 6) is -0.527. The van der Waals surface area contributed by atoms with Crippen LogP contribution in [0.1, 0.15) is 19.4 Å². The van der Waals surface area contributed by atoms with Crippen LogP contribution in [0, 0.1) is 5.82 Å². The molecule has 1 fully saturated rings. The third-order valence-electron chi connectivity index (χ3n) is 4.02. The first-order valence-corrected chi connectivity index (χ1v) is 7.77. The molecule has 6 nitrogen and oxygen atoms in total. The number of nitrogens with zero attached hydrogens (tertiary/aromatic N) is 4. The number of rotatable bonds is 4. The molecule has 8 heteroatoms. The molecule has 122 valence electrons. The molecule has 1 amide bonds. The van der Waals surface area contributed by atoms with Gasteiger partial charge in [-0.3, -0.25) is 4.79 Å². The minimum atomic E-state index is -0.430. The third kappa shape index (κ3) is 3.44. The molecule has 1 aromatic carbocycles. The first-order chi connectivity index (χ1) is 11.0. The highest BCUT2D eigenvalue weighted by Crippen LogP contribution is 2.25. The van der Waals surface area contributed by atoms with Crippen LogP contribution in [0.4, 0.5) is 10.1 Å². The van der Waals surface area contributed by atoms with Crippen molar-refractivity contribution in [2.45, 2.75) is 25.4 Å². The van der Waals surface area contributed by atoms with Crippen molar-refractivity contribution in [1.29, 1.82) is 0 Å². The van der Waals surface area contributed by atoms with Crippen molar-refractivity contribution >= 4 is 23.2 Å². The van der Waals surface area contributed by atoms with E-state index in [2.05, 4.69) is 20.3 Å². The maximum atomic E-state index is 13.2. The Balaban J connectivity index is 1.59. The summed E-state index contributed by atoms with van der Waals surface area (Å²) in [6.45, 7) is 3.22. The van der Waals surface area contributed by atoms with Gasteiger partial charge in [0.2, 0.25) is 5.91 Å². The number of carbonyl (C=O) groups is 1. The quantitative estimate of drug-likeness (QED) is 0.927. The zero-order valence-corrected chi connectivity index (χ0v) is 13.4. The van der Waals surface area contributed by atoms with Crippen molar-refractivity contribution in [2.24, 2.45) is 0 Å². The molecule has 23 heavy (non-hydrogen) atoms. The molecule has 0 aliphatic carbocycles.